The maximum Gasteiger partial charge on any atom is 0.248 e. The first-order valence-corrected chi connectivity index (χ1v) is 10.5. The van der Waals surface area contributed by atoms with Crippen molar-refractivity contribution in [2.75, 3.05) is 0 Å². The molecule has 0 unspecified atom stereocenters. The average Bonchev–Trinajstić information content (AvgIpc) is 3.29. The van der Waals surface area contributed by atoms with E-state index in [9.17, 15) is 13.2 Å². The molecular weight excluding hydrogens is 390 g/mol. The van der Waals surface area contributed by atoms with Crippen LogP contribution >= 0.6 is 0 Å². The number of sulfone groups is 1. The smallest absolute Gasteiger partial charge is 0.248 e. The van der Waals surface area contributed by atoms with Gasteiger partial charge in [-0.05, 0) is 47.9 Å². The van der Waals surface area contributed by atoms with Gasteiger partial charge in [0.15, 0.2) is 9.84 Å². The lowest BCUT2D eigenvalue weighted by Gasteiger charge is -2.11. The van der Waals surface area contributed by atoms with Crippen LogP contribution in [0.2, 0.25) is 0 Å². The normalized spacial score (nSPS) is 11.8. The molecule has 9 heteroatoms. The van der Waals surface area contributed by atoms with Gasteiger partial charge in [0.25, 0.3) is 0 Å². The minimum absolute atomic E-state index is 0.131. The largest absolute Gasteiger partial charge is 0.366 e. The number of aryl methyl sites for hydroxylation is 1. The average molecular weight is 409 g/mol. The number of imidazole rings is 1. The van der Waals surface area contributed by atoms with Crippen molar-refractivity contribution in [1.82, 2.24) is 19.2 Å². The Bertz CT molecular complexity index is 1320. The number of aromatic nitrogens is 4. The molecule has 4 aromatic rings. The number of nitrogens with zero attached hydrogens (tertiary/aromatic N) is 4. The van der Waals surface area contributed by atoms with E-state index in [1.54, 1.807) is 30.2 Å². The first-order valence-electron chi connectivity index (χ1n) is 8.87. The number of pyridine rings is 1. The number of rotatable bonds is 6. The Balaban J connectivity index is 1.70. The summed E-state index contributed by atoms with van der Waals surface area (Å²) in [5, 5.41) is 4.14. The van der Waals surface area contributed by atoms with E-state index in [2.05, 4.69) is 10.1 Å². The van der Waals surface area contributed by atoms with Crippen LogP contribution in [-0.2, 0) is 29.1 Å². The number of fused-ring (bicyclic) bond motifs is 1. The monoisotopic (exact) mass is 409 g/mol. The maximum absolute atomic E-state index is 12.9. The summed E-state index contributed by atoms with van der Waals surface area (Å²) < 4.78 is 29.1. The summed E-state index contributed by atoms with van der Waals surface area (Å²) in [6.45, 7) is 0. The summed E-state index contributed by atoms with van der Waals surface area (Å²) in [6.07, 6.45) is 7.46. The van der Waals surface area contributed by atoms with E-state index in [1.807, 2.05) is 28.9 Å². The zero-order chi connectivity index (χ0) is 20.6. The van der Waals surface area contributed by atoms with Crippen LogP contribution in [0.1, 0.15) is 27.2 Å². The first-order chi connectivity index (χ1) is 13.8. The lowest BCUT2D eigenvalue weighted by atomic mass is 10.0. The second-order valence-electron chi connectivity index (χ2n) is 6.83. The van der Waals surface area contributed by atoms with Gasteiger partial charge in [-0.25, -0.2) is 13.4 Å². The molecule has 1 aromatic carbocycles. The molecule has 148 valence electrons. The lowest BCUT2D eigenvalue weighted by molar-refractivity contribution is 0.0999. The highest BCUT2D eigenvalue weighted by molar-refractivity contribution is 7.90. The standard InChI is InChI=1S/C20H19N5O3S/c1-24-8-6-16(23-24)13-29(27,28)17-3-4-18(20(21)26)15(11-17)10-14-2-5-19-22-7-9-25(19)12-14/h2-9,11-12H,10,13H2,1H3,(H2,21,26). The van der Waals surface area contributed by atoms with Crippen molar-refractivity contribution in [3.8, 4) is 0 Å². The van der Waals surface area contributed by atoms with Crippen LogP contribution in [0.4, 0.5) is 0 Å². The van der Waals surface area contributed by atoms with Gasteiger partial charge in [0.05, 0.1) is 16.3 Å². The molecule has 3 heterocycles. The molecule has 0 fully saturated rings. The summed E-state index contributed by atoms with van der Waals surface area (Å²) in [6, 6.07) is 9.83. The number of carbonyl (C=O) groups excluding carboxylic acids is 1. The van der Waals surface area contributed by atoms with Crippen molar-refractivity contribution in [2.24, 2.45) is 12.8 Å². The quantitative estimate of drug-likeness (QED) is 0.521. The molecule has 2 N–H and O–H groups in total. The van der Waals surface area contributed by atoms with Crippen molar-refractivity contribution in [2.45, 2.75) is 17.1 Å². The van der Waals surface area contributed by atoms with Gasteiger partial charge in [-0.1, -0.05) is 6.07 Å². The number of primary amides is 1. The van der Waals surface area contributed by atoms with E-state index >= 15 is 0 Å². The van der Waals surface area contributed by atoms with Gasteiger partial charge in [0.1, 0.15) is 5.65 Å². The third kappa shape index (κ3) is 3.90. The van der Waals surface area contributed by atoms with Gasteiger partial charge < -0.3 is 10.1 Å². The SMILES string of the molecule is Cn1ccc(CS(=O)(=O)c2ccc(C(N)=O)c(Cc3ccc4nccn4c3)c2)n1. The van der Waals surface area contributed by atoms with Crippen molar-refractivity contribution >= 4 is 21.4 Å². The number of hydrogen-bond donors (Lipinski definition) is 1. The summed E-state index contributed by atoms with van der Waals surface area (Å²) in [5.74, 6) is -0.818. The predicted molar refractivity (Wildman–Crippen MR) is 107 cm³/mol. The fourth-order valence-electron chi connectivity index (χ4n) is 3.26. The van der Waals surface area contributed by atoms with Gasteiger partial charge >= 0.3 is 0 Å². The van der Waals surface area contributed by atoms with Gasteiger partial charge in [-0.2, -0.15) is 5.10 Å². The molecule has 29 heavy (non-hydrogen) atoms. The van der Waals surface area contributed by atoms with Crippen LogP contribution < -0.4 is 5.73 Å². The minimum Gasteiger partial charge on any atom is -0.366 e. The molecule has 0 saturated carbocycles. The summed E-state index contributed by atoms with van der Waals surface area (Å²) >= 11 is 0. The van der Waals surface area contributed by atoms with E-state index in [-0.39, 0.29) is 10.6 Å². The van der Waals surface area contributed by atoms with E-state index in [0.717, 1.165) is 11.2 Å². The van der Waals surface area contributed by atoms with Crippen LogP contribution in [0.25, 0.3) is 5.65 Å². The van der Waals surface area contributed by atoms with E-state index in [0.29, 0.717) is 23.2 Å². The van der Waals surface area contributed by atoms with Crippen LogP contribution in [0.15, 0.2) is 66.1 Å². The number of hydrogen-bond acceptors (Lipinski definition) is 5. The van der Waals surface area contributed by atoms with Gasteiger partial charge in [0, 0.05) is 37.4 Å². The molecule has 0 aliphatic carbocycles. The minimum atomic E-state index is -3.63. The number of benzene rings is 1. The highest BCUT2D eigenvalue weighted by Gasteiger charge is 2.20. The number of carbonyl (C=O) groups is 1. The fraction of sp³-hybridized carbons (Fsp3) is 0.150. The Morgan fingerprint density at radius 1 is 1.14 bits per heavy atom. The summed E-state index contributed by atoms with van der Waals surface area (Å²) in [7, 11) is -1.90. The highest BCUT2D eigenvalue weighted by Crippen LogP contribution is 2.22. The Morgan fingerprint density at radius 2 is 1.97 bits per heavy atom. The third-order valence-electron chi connectivity index (χ3n) is 4.65. The molecule has 0 saturated heterocycles. The molecule has 3 aromatic heterocycles. The zero-order valence-electron chi connectivity index (χ0n) is 15.7. The van der Waals surface area contributed by atoms with Crippen molar-refractivity contribution < 1.29 is 13.2 Å². The molecule has 0 aliphatic rings. The molecule has 1 amide bonds. The molecule has 0 atom stereocenters. The van der Waals surface area contributed by atoms with E-state index in [1.165, 1.54) is 18.2 Å². The molecular formula is C20H19N5O3S. The van der Waals surface area contributed by atoms with Crippen LogP contribution in [0, 0.1) is 0 Å². The molecule has 0 radical (unpaired) electrons. The molecule has 8 nitrogen and oxygen atoms in total. The molecule has 0 spiro atoms. The van der Waals surface area contributed by atoms with Crippen molar-refractivity contribution in [3.63, 3.8) is 0 Å². The Labute approximate surface area is 167 Å². The summed E-state index contributed by atoms with van der Waals surface area (Å²) in [4.78, 5) is 16.2. The van der Waals surface area contributed by atoms with Gasteiger partial charge in [0.2, 0.25) is 5.91 Å². The lowest BCUT2D eigenvalue weighted by Crippen LogP contribution is -2.15. The Kier molecular flexibility index (Phi) is 4.67. The molecule has 0 aliphatic heterocycles. The summed E-state index contributed by atoms with van der Waals surface area (Å²) in [5.41, 5.74) is 8.52. The topological polar surface area (TPSA) is 112 Å². The van der Waals surface area contributed by atoms with Crippen LogP contribution in [0.5, 0.6) is 0 Å². The third-order valence-corrected chi connectivity index (χ3v) is 6.30. The molecule has 4 rings (SSSR count). The van der Waals surface area contributed by atoms with Crippen LogP contribution in [0.3, 0.4) is 0 Å². The fourth-order valence-corrected chi connectivity index (χ4v) is 4.57. The van der Waals surface area contributed by atoms with Gasteiger partial charge in [-0.3, -0.25) is 9.48 Å². The van der Waals surface area contributed by atoms with Gasteiger partial charge in [-0.15, -0.1) is 0 Å². The Hall–Kier alpha value is -3.46. The first kappa shape index (κ1) is 18.9. The number of nitrogens with two attached hydrogens (primary N) is 1. The zero-order valence-corrected chi connectivity index (χ0v) is 16.5. The Morgan fingerprint density at radius 3 is 2.69 bits per heavy atom. The van der Waals surface area contributed by atoms with E-state index in [4.69, 9.17) is 5.73 Å². The number of amides is 1. The molecule has 0 bridgehead atoms. The highest BCUT2D eigenvalue weighted by atomic mass is 32.2. The van der Waals surface area contributed by atoms with E-state index < -0.39 is 15.7 Å². The van der Waals surface area contributed by atoms with Crippen LogP contribution in [-0.4, -0.2) is 33.5 Å². The van der Waals surface area contributed by atoms with Crippen molar-refractivity contribution in [1.29, 1.82) is 0 Å². The maximum atomic E-state index is 12.9. The van der Waals surface area contributed by atoms with Crippen molar-refractivity contribution in [3.05, 3.63) is 83.6 Å². The second kappa shape index (κ2) is 7.17. The second-order valence-corrected chi connectivity index (χ2v) is 8.82. The predicted octanol–water partition coefficient (Wildman–Crippen LogP) is 1.73.